The molecule has 28 nitrogen and oxygen atoms in total. The third kappa shape index (κ3) is 13.0. The molecule has 0 saturated heterocycles. The first-order valence-electron chi connectivity index (χ1n) is 18.4. The van der Waals surface area contributed by atoms with E-state index in [4.69, 9.17) is 20.4 Å². The first-order valence-corrected chi connectivity index (χ1v) is 25.8. The van der Waals surface area contributed by atoms with Crippen LogP contribution in [0.15, 0.2) is 152 Å². The summed E-state index contributed by atoms with van der Waals surface area (Å²) in [5.74, 6) is -2.29. The average Bonchev–Trinajstić information content (AvgIpc) is 3.29. The molecule has 370 valence electrons. The Balaban J connectivity index is 1.30. The number of phenols is 3. The Morgan fingerprint density at radius 3 is 1.83 bits per heavy atom. The minimum Gasteiger partial charge on any atom is -0.508 e. The molecule has 0 unspecified atom stereocenters. The molecule has 10 N–H and O–H groups in total. The maximum absolute atomic E-state index is 13.2. The molecule has 6 aromatic rings. The van der Waals surface area contributed by atoms with Gasteiger partial charge in [0.05, 0.1) is 61.5 Å². The molecule has 0 heterocycles. The summed E-state index contributed by atoms with van der Waals surface area (Å²) >= 11 is 0.258. The van der Waals surface area contributed by atoms with Crippen LogP contribution in [0, 0.1) is 0 Å². The molecule has 0 bridgehead atoms. The fraction of sp³-hybridized carbons (Fsp3) is 0.0556. The van der Waals surface area contributed by atoms with Crippen molar-refractivity contribution in [3.63, 3.8) is 0 Å². The number of anilines is 2. The smallest absolute Gasteiger partial charge is 0.296 e. The summed E-state index contributed by atoms with van der Waals surface area (Å²) in [5, 5.41) is 77.2. The molecule has 6 rings (SSSR count). The van der Waals surface area contributed by atoms with E-state index in [0.29, 0.717) is 6.07 Å². The molecule has 6 aromatic carbocycles. The van der Waals surface area contributed by atoms with Crippen molar-refractivity contribution in [2.75, 3.05) is 22.8 Å². The van der Waals surface area contributed by atoms with E-state index in [1.807, 2.05) is 0 Å². The van der Waals surface area contributed by atoms with E-state index in [9.17, 15) is 58.1 Å². The van der Waals surface area contributed by atoms with E-state index >= 15 is 0 Å². The quantitative estimate of drug-likeness (QED) is 0.00622. The summed E-state index contributed by atoms with van der Waals surface area (Å²) in [5.41, 5.74) is 4.12. The molecule has 0 atom stereocenters. The lowest BCUT2D eigenvalue weighted by Gasteiger charge is -2.14. The van der Waals surface area contributed by atoms with Gasteiger partial charge in [0.2, 0.25) is 0 Å². The molecule has 0 radical (unpaired) electrons. The Morgan fingerprint density at radius 1 is 0.614 bits per heavy atom. The SMILES string of the molecule is Nc1c(N=Nc2ccc(S(=O)(=O)CCOSOOO)cc2S(=O)(=O)O)c(SOOO)cc2cc(S(=O)(=O)O)c(N=Nc3ccc(S(=O)(=O)Nc4ccc(N=Nc5ccc(O)cc5O)cc4)cc3)c(O)c12. The number of nitrogens with two attached hydrogens (primary N) is 1. The summed E-state index contributed by atoms with van der Waals surface area (Å²) in [6.07, 6.45) is 0. The van der Waals surface area contributed by atoms with E-state index in [1.54, 1.807) is 0 Å². The maximum Gasteiger partial charge on any atom is 0.296 e. The second-order valence-corrected chi connectivity index (χ2v) is 21.2. The number of hydrogen-bond donors (Lipinski definition) is 9. The van der Waals surface area contributed by atoms with E-state index < -0.39 is 101 Å². The fourth-order valence-corrected chi connectivity index (χ4v) is 10.1. The standard InChI is InChI=1S/C36H30N8O20S6/c37-33-32-19(15-29(65-63-61-48)34(33)42-41-27-12-10-25(18-30(27)69(54,55)56)67(50,51)14-13-60-66-64-62-49)16-31(70(57,58)59)35(36(32)47)43-39-21-5-8-24(9-6-21)68(52,53)44-22-3-1-20(2-4-22)38-40-26-11-7-23(45)17-28(26)46/h1-12,15-18,44-49H,13-14,37H2,(H,54,55,56)(H,57,58,59). The number of sulfonamides is 1. The summed E-state index contributed by atoms with van der Waals surface area (Å²) in [6, 6.07) is 18.0. The first-order chi connectivity index (χ1) is 33.0. The van der Waals surface area contributed by atoms with Crippen LogP contribution in [0.2, 0.25) is 0 Å². The largest absolute Gasteiger partial charge is 0.508 e. The van der Waals surface area contributed by atoms with E-state index in [0.717, 1.165) is 54.6 Å². The molecule has 0 fully saturated rings. The number of phenolic OH excluding ortho intramolecular Hbond substituents is 3. The highest BCUT2D eigenvalue weighted by Crippen LogP contribution is 2.50. The molecule has 0 aromatic heterocycles. The van der Waals surface area contributed by atoms with Crippen LogP contribution in [-0.4, -0.2) is 81.0 Å². The Labute approximate surface area is 402 Å². The van der Waals surface area contributed by atoms with Gasteiger partial charge in [0.15, 0.2) is 27.9 Å². The van der Waals surface area contributed by atoms with Gasteiger partial charge < -0.3 is 21.1 Å². The lowest BCUT2D eigenvalue weighted by atomic mass is 10.1. The highest BCUT2D eigenvalue weighted by Gasteiger charge is 2.27. The minimum absolute atomic E-state index is 0.0702. The van der Waals surface area contributed by atoms with Crippen molar-refractivity contribution in [1.29, 1.82) is 0 Å². The van der Waals surface area contributed by atoms with Gasteiger partial charge in [-0.25, -0.2) is 27.4 Å². The number of nitrogens with zero attached hydrogens (tertiary/aromatic N) is 6. The Hall–Kier alpha value is -6.48. The van der Waals surface area contributed by atoms with Crippen molar-refractivity contribution < 1.29 is 91.5 Å². The molecule has 0 aliphatic carbocycles. The van der Waals surface area contributed by atoms with Crippen molar-refractivity contribution in [2.45, 2.75) is 24.5 Å². The Morgan fingerprint density at radius 2 is 1.20 bits per heavy atom. The van der Waals surface area contributed by atoms with Crippen molar-refractivity contribution in [2.24, 2.45) is 30.7 Å². The molecular formula is C36H30N8O20S6. The molecule has 0 spiro atoms. The van der Waals surface area contributed by atoms with Crippen molar-refractivity contribution in [1.82, 2.24) is 0 Å². The molecule has 70 heavy (non-hydrogen) atoms. The molecule has 0 saturated carbocycles. The van der Waals surface area contributed by atoms with Gasteiger partial charge in [0, 0.05) is 11.8 Å². The highest BCUT2D eigenvalue weighted by atomic mass is 32.2. The second kappa shape index (κ2) is 22.1. The first kappa shape index (κ1) is 52.9. The third-order valence-electron chi connectivity index (χ3n) is 8.88. The van der Waals surface area contributed by atoms with Crippen molar-refractivity contribution in [3.8, 4) is 17.2 Å². The van der Waals surface area contributed by atoms with E-state index in [-0.39, 0.29) is 73.8 Å². The number of nitrogen functional groups attached to an aromatic ring is 1. The van der Waals surface area contributed by atoms with Gasteiger partial charge in [-0.2, -0.15) is 27.1 Å². The number of azo groups is 3. The van der Waals surface area contributed by atoms with E-state index in [2.05, 4.69) is 54.2 Å². The van der Waals surface area contributed by atoms with Crippen LogP contribution in [-0.2, 0) is 63.0 Å². The maximum atomic E-state index is 13.2. The summed E-state index contributed by atoms with van der Waals surface area (Å²) in [6.45, 7) is -0.547. The van der Waals surface area contributed by atoms with Gasteiger partial charge >= 0.3 is 0 Å². The summed E-state index contributed by atoms with van der Waals surface area (Å²) in [7, 11) is -19.0. The third-order valence-corrected chi connectivity index (χ3v) is 14.7. The van der Waals surface area contributed by atoms with Crippen LogP contribution < -0.4 is 10.5 Å². The number of fused-ring (bicyclic) bond motifs is 1. The molecule has 0 aliphatic heterocycles. The molecule has 0 amide bonds. The van der Waals surface area contributed by atoms with E-state index in [1.165, 1.54) is 36.4 Å². The second-order valence-electron chi connectivity index (χ2n) is 13.4. The lowest BCUT2D eigenvalue weighted by molar-refractivity contribution is -0.434. The van der Waals surface area contributed by atoms with Crippen molar-refractivity contribution in [3.05, 3.63) is 97.1 Å². The van der Waals surface area contributed by atoms with Gasteiger partial charge in [0.1, 0.15) is 44.0 Å². The minimum atomic E-state index is -5.24. The van der Waals surface area contributed by atoms with Crippen LogP contribution in [0.4, 0.5) is 45.5 Å². The van der Waals surface area contributed by atoms with Crippen LogP contribution in [0.3, 0.4) is 0 Å². The van der Waals surface area contributed by atoms with Gasteiger partial charge in [-0.1, -0.05) is 10.1 Å². The number of aromatic hydroxyl groups is 3. The number of hydrogen-bond acceptors (Lipinski definition) is 27. The highest BCUT2D eigenvalue weighted by molar-refractivity contribution is 7.94. The van der Waals surface area contributed by atoms with Crippen LogP contribution in [0.5, 0.6) is 17.2 Å². The molecule has 34 heteroatoms. The fourth-order valence-electron chi connectivity index (χ4n) is 5.75. The number of sulfone groups is 1. The zero-order valence-electron chi connectivity index (χ0n) is 34.3. The predicted molar refractivity (Wildman–Crippen MR) is 243 cm³/mol. The summed E-state index contributed by atoms with van der Waals surface area (Å²) < 4.78 is 138. The number of benzene rings is 6. The topological polar surface area (TPSA) is 437 Å². The molecule has 0 aliphatic rings. The van der Waals surface area contributed by atoms with Gasteiger partial charge in [-0.15, -0.1) is 29.1 Å². The number of rotatable bonds is 21. The van der Waals surface area contributed by atoms with Gasteiger partial charge in [-0.3, -0.25) is 18.0 Å². The monoisotopic (exact) mass is 1090 g/mol. The number of nitrogens with one attached hydrogen (secondary N) is 1. The zero-order valence-corrected chi connectivity index (χ0v) is 39.2. The van der Waals surface area contributed by atoms with Crippen LogP contribution in [0.1, 0.15) is 0 Å². The van der Waals surface area contributed by atoms with Crippen molar-refractivity contribution >= 4 is 121 Å². The lowest BCUT2D eigenvalue weighted by Crippen LogP contribution is -2.12. The predicted octanol–water partition coefficient (Wildman–Crippen LogP) is 8.28. The van der Waals surface area contributed by atoms with Gasteiger partial charge in [-0.05, 0) is 96.4 Å². The average molecular weight is 1090 g/mol. The van der Waals surface area contributed by atoms with Crippen LogP contribution in [0.25, 0.3) is 10.8 Å². The Bertz CT molecular complexity index is 3500. The van der Waals surface area contributed by atoms with Gasteiger partial charge in [0.25, 0.3) is 30.3 Å². The van der Waals surface area contributed by atoms with Crippen LogP contribution >= 0.6 is 24.4 Å². The zero-order chi connectivity index (χ0) is 51.0. The molecular weight excluding hydrogens is 1060 g/mol. The Kier molecular flexibility index (Phi) is 16.7. The normalized spacial score (nSPS) is 12.7. The summed E-state index contributed by atoms with van der Waals surface area (Å²) in [4.78, 5) is -3.27.